The van der Waals surface area contributed by atoms with Gasteiger partial charge in [-0.1, -0.05) is 0 Å². The van der Waals surface area contributed by atoms with E-state index in [1.807, 2.05) is 0 Å². The molecule has 0 saturated carbocycles. The quantitative estimate of drug-likeness (QED) is 0.589. The summed E-state index contributed by atoms with van der Waals surface area (Å²) in [4.78, 5) is 0. The van der Waals surface area contributed by atoms with E-state index in [-0.39, 0.29) is 0 Å². The first-order chi connectivity index (χ1) is 4.77. The van der Waals surface area contributed by atoms with Crippen LogP contribution in [0.4, 0.5) is 0 Å². The van der Waals surface area contributed by atoms with Crippen molar-refractivity contribution in [1.82, 2.24) is 0 Å². The molecule has 2 heteroatoms. The van der Waals surface area contributed by atoms with Gasteiger partial charge >= 0.3 is 0 Å². The van der Waals surface area contributed by atoms with E-state index < -0.39 is 0 Å². The van der Waals surface area contributed by atoms with Crippen LogP contribution in [0.25, 0.3) is 0 Å². The van der Waals surface area contributed by atoms with Crippen LogP contribution < -0.4 is 5.73 Å². The second-order valence-electron chi connectivity index (χ2n) is 3.63. The minimum Gasteiger partial charge on any atom is -0.375 e. The number of fused-ring (bicyclic) bond motifs is 2. The van der Waals surface area contributed by atoms with Gasteiger partial charge in [-0.2, -0.15) is 0 Å². The van der Waals surface area contributed by atoms with Gasteiger partial charge in [0.15, 0.2) is 0 Å². The lowest BCUT2D eigenvalue weighted by atomic mass is 9.85. The standard InChI is InChI=1S/C8H15NO/c1-5(9)7-4-6-2-3-8(7)10-6/h5-8H,2-4,9H2,1H3/t5-,6?,7?,8?/m1/s1. The van der Waals surface area contributed by atoms with Crippen LogP contribution in [-0.4, -0.2) is 18.2 Å². The highest BCUT2D eigenvalue weighted by Crippen LogP contribution is 2.39. The zero-order valence-electron chi connectivity index (χ0n) is 6.42. The highest BCUT2D eigenvalue weighted by molar-refractivity contribution is 4.92. The Kier molecular flexibility index (Phi) is 1.46. The maximum Gasteiger partial charge on any atom is 0.0623 e. The Morgan fingerprint density at radius 2 is 2.30 bits per heavy atom. The van der Waals surface area contributed by atoms with Crippen molar-refractivity contribution in [1.29, 1.82) is 0 Å². The van der Waals surface area contributed by atoms with Gasteiger partial charge in [0.1, 0.15) is 0 Å². The van der Waals surface area contributed by atoms with Gasteiger partial charge in [-0.15, -0.1) is 0 Å². The summed E-state index contributed by atoms with van der Waals surface area (Å²) in [5.41, 5.74) is 5.80. The van der Waals surface area contributed by atoms with Crippen LogP contribution in [0.3, 0.4) is 0 Å². The second kappa shape index (κ2) is 2.21. The van der Waals surface area contributed by atoms with Crippen molar-refractivity contribution in [2.24, 2.45) is 11.7 Å². The molecular formula is C8H15NO. The van der Waals surface area contributed by atoms with Gasteiger partial charge in [-0.3, -0.25) is 0 Å². The zero-order chi connectivity index (χ0) is 7.14. The number of hydrogen-bond acceptors (Lipinski definition) is 2. The summed E-state index contributed by atoms with van der Waals surface area (Å²) in [5.74, 6) is 0.652. The molecule has 2 bridgehead atoms. The monoisotopic (exact) mass is 141 g/mol. The maximum absolute atomic E-state index is 5.80. The SMILES string of the molecule is C[C@@H](N)C1CC2CCC1O2. The number of ether oxygens (including phenoxy) is 1. The average Bonchev–Trinajstić information content (AvgIpc) is 2.44. The molecule has 0 radical (unpaired) electrons. The molecule has 0 spiro atoms. The van der Waals surface area contributed by atoms with Crippen molar-refractivity contribution in [2.75, 3.05) is 0 Å². The third kappa shape index (κ3) is 0.867. The van der Waals surface area contributed by atoms with Crippen LogP contribution in [0.15, 0.2) is 0 Å². The van der Waals surface area contributed by atoms with Crippen molar-refractivity contribution in [3.63, 3.8) is 0 Å². The predicted octanol–water partition coefficient (Wildman–Crippen LogP) is 0.901. The number of hydrogen-bond donors (Lipinski definition) is 1. The van der Waals surface area contributed by atoms with Crippen LogP contribution in [-0.2, 0) is 4.74 Å². The van der Waals surface area contributed by atoms with Gasteiger partial charge in [0, 0.05) is 12.0 Å². The van der Waals surface area contributed by atoms with E-state index in [9.17, 15) is 0 Å². The largest absolute Gasteiger partial charge is 0.375 e. The van der Waals surface area contributed by atoms with Crippen LogP contribution in [0.2, 0.25) is 0 Å². The molecule has 2 nitrogen and oxygen atoms in total. The van der Waals surface area contributed by atoms with Crippen molar-refractivity contribution in [3.8, 4) is 0 Å². The smallest absolute Gasteiger partial charge is 0.0623 e. The van der Waals surface area contributed by atoms with E-state index in [0.717, 1.165) is 0 Å². The summed E-state index contributed by atoms with van der Waals surface area (Å²) in [5, 5.41) is 0. The Balaban J connectivity index is 2.02. The molecule has 2 N–H and O–H groups in total. The van der Waals surface area contributed by atoms with Crippen molar-refractivity contribution in [3.05, 3.63) is 0 Å². The Hall–Kier alpha value is -0.0800. The van der Waals surface area contributed by atoms with E-state index in [2.05, 4.69) is 6.92 Å². The minimum absolute atomic E-state index is 0.329. The zero-order valence-corrected chi connectivity index (χ0v) is 6.42. The Morgan fingerprint density at radius 1 is 1.50 bits per heavy atom. The van der Waals surface area contributed by atoms with Crippen LogP contribution >= 0.6 is 0 Å². The van der Waals surface area contributed by atoms with Gasteiger partial charge in [0.05, 0.1) is 12.2 Å². The van der Waals surface area contributed by atoms with Crippen molar-refractivity contribution < 1.29 is 4.74 Å². The highest BCUT2D eigenvalue weighted by Gasteiger charge is 2.41. The lowest BCUT2D eigenvalue weighted by Gasteiger charge is -2.21. The Labute approximate surface area is 61.7 Å². The molecule has 58 valence electrons. The normalized spacial score (nSPS) is 48.0. The molecule has 0 aromatic rings. The van der Waals surface area contributed by atoms with Crippen LogP contribution in [0.1, 0.15) is 26.2 Å². The number of nitrogens with two attached hydrogens (primary N) is 1. The van der Waals surface area contributed by atoms with E-state index >= 15 is 0 Å². The fourth-order valence-corrected chi connectivity index (χ4v) is 2.23. The highest BCUT2D eigenvalue weighted by atomic mass is 16.5. The Morgan fingerprint density at radius 3 is 2.60 bits per heavy atom. The summed E-state index contributed by atoms with van der Waals surface area (Å²) in [6.07, 6.45) is 4.79. The molecule has 2 aliphatic heterocycles. The summed E-state index contributed by atoms with van der Waals surface area (Å²) in [6, 6.07) is 0.329. The molecule has 0 aliphatic carbocycles. The molecule has 2 heterocycles. The van der Waals surface area contributed by atoms with E-state index in [1.165, 1.54) is 19.3 Å². The van der Waals surface area contributed by atoms with E-state index in [4.69, 9.17) is 10.5 Å². The predicted molar refractivity (Wildman–Crippen MR) is 39.7 cm³/mol. The molecule has 0 aromatic heterocycles. The molecule has 2 saturated heterocycles. The summed E-state index contributed by atoms with van der Waals surface area (Å²) >= 11 is 0. The van der Waals surface area contributed by atoms with Gasteiger partial charge in [0.25, 0.3) is 0 Å². The van der Waals surface area contributed by atoms with Crippen LogP contribution in [0, 0.1) is 5.92 Å². The number of rotatable bonds is 1. The molecule has 2 rings (SSSR count). The van der Waals surface area contributed by atoms with Gasteiger partial charge in [-0.25, -0.2) is 0 Å². The van der Waals surface area contributed by atoms with Crippen molar-refractivity contribution >= 4 is 0 Å². The molecule has 2 fully saturated rings. The fourth-order valence-electron chi connectivity index (χ4n) is 2.23. The third-order valence-electron chi connectivity index (χ3n) is 2.83. The summed E-state index contributed by atoms with van der Waals surface area (Å²) in [7, 11) is 0. The van der Waals surface area contributed by atoms with Gasteiger partial charge in [0.2, 0.25) is 0 Å². The fraction of sp³-hybridized carbons (Fsp3) is 1.00. The van der Waals surface area contributed by atoms with E-state index in [1.54, 1.807) is 0 Å². The molecule has 0 amide bonds. The van der Waals surface area contributed by atoms with Crippen LogP contribution in [0.5, 0.6) is 0 Å². The topological polar surface area (TPSA) is 35.2 Å². The third-order valence-corrected chi connectivity index (χ3v) is 2.83. The van der Waals surface area contributed by atoms with Crippen molar-refractivity contribution in [2.45, 2.75) is 44.4 Å². The minimum atomic E-state index is 0.329. The second-order valence-corrected chi connectivity index (χ2v) is 3.63. The molecule has 2 aliphatic rings. The molecular weight excluding hydrogens is 126 g/mol. The molecule has 10 heavy (non-hydrogen) atoms. The van der Waals surface area contributed by atoms with Gasteiger partial charge in [-0.05, 0) is 26.2 Å². The van der Waals surface area contributed by atoms with Gasteiger partial charge < -0.3 is 10.5 Å². The first-order valence-electron chi connectivity index (χ1n) is 4.18. The first kappa shape index (κ1) is 6.62. The lowest BCUT2D eigenvalue weighted by molar-refractivity contribution is 0.0895. The van der Waals surface area contributed by atoms with E-state index in [0.29, 0.717) is 24.2 Å². The maximum atomic E-state index is 5.80. The molecule has 3 unspecified atom stereocenters. The molecule has 0 aromatic carbocycles. The summed E-state index contributed by atoms with van der Waals surface area (Å²) in [6.45, 7) is 2.09. The lowest BCUT2D eigenvalue weighted by Crippen LogP contribution is -2.33. The summed E-state index contributed by atoms with van der Waals surface area (Å²) < 4.78 is 5.67. The molecule has 4 atom stereocenters. The Bertz CT molecular complexity index is 135. The average molecular weight is 141 g/mol. The first-order valence-corrected chi connectivity index (χ1v) is 4.18.